The lowest BCUT2D eigenvalue weighted by Crippen LogP contribution is -2.26. The minimum atomic E-state index is -2.77. The molecule has 7 heteroatoms. The van der Waals surface area contributed by atoms with Crippen molar-refractivity contribution in [3.8, 4) is 0 Å². The standard InChI is InChI=1S/C13H20N2O2S.CH2O2/c16-18(17)9-5-12(6-10-18)15-8-7-14-13(15)11-3-1-2-4-11;2-1-3/h7-8,11-12H,1-6,9-10H2;1H,(H,2,3). The van der Waals surface area contributed by atoms with Crippen molar-refractivity contribution in [2.45, 2.75) is 50.5 Å². The third-order valence-corrected chi connectivity index (χ3v) is 6.05. The molecule has 0 atom stereocenters. The van der Waals surface area contributed by atoms with E-state index in [0.717, 1.165) is 12.8 Å². The maximum Gasteiger partial charge on any atom is 0.290 e. The number of sulfone groups is 1. The summed E-state index contributed by atoms with van der Waals surface area (Å²) >= 11 is 0. The predicted octanol–water partition coefficient (Wildman–Crippen LogP) is 1.99. The lowest BCUT2D eigenvalue weighted by Gasteiger charge is -2.26. The van der Waals surface area contributed by atoms with E-state index in [4.69, 9.17) is 9.90 Å². The van der Waals surface area contributed by atoms with E-state index in [9.17, 15) is 8.42 Å². The molecule has 3 rings (SSSR count). The van der Waals surface area contributed by atoms with E-state index in [2.05, 4.69) is 9.55 Å². The first-order chi connectivity index (χ1) is 10.1. The molecule has 1 saturated carbocycles. The Balaban J connectivity index is 0.000000497. The summed E-state index contributed by atoms with van der Waals surface area (Å²) in [4.78, 5) is 12.9. The van der Waals surface area contributed by atoms with Gasteiger partial charge in [0.25, 0.3) is 6.47 Å². The van der Waals surface area contributed by atoms with Crippen LogP contribution < -0.4 is 0 Å². The monoisotopic (exact) mass is 314 g/mol. The zero-order valence-electron chi connectivity index (χ0n) is 12.0. The molecule has 6 nitrogen and oxygen atoms in total. The van der Waals surface area contributed by atoms with E-state index in [-0.39, 0.29) is 6.47 Å². The number of aromatic nitrogens is 2. The predicted molar refractivity (Wildman–Crippen MR) is 79.1 cm³/mol. The number of rotatable bonds is 2. The molecular formula is C14H22N2O4S. The summed E-state index contributed by atoms with van der Waals surface area (Å²) in [6.07, 6.45) is 10.5. The number of imidazole rings is 1. The molecule has 1 aromatic rings. The average Bonchev–Trinajstić information content (AvgIpc) is 3.10. The van der Waals surface area contributed by atoms with Gasteiger partial charge in [0, 0.05) is 24.4 Å². The Bertz CT molecular complexity index is 547. The molecule has 1 saturated heterocycles. The Morgan fingerprint density at radius 3 is 2.33 bits per heavy atom. The van der Waals surface area contributed by atoms with Crippen LogP contribution in [0.4, 0.5) is 0 Å². The van der Waals surface area contributed by atoms with Gasteiger partial charge in [-0.05, 0) is 25.7 Å². The number of carbonyl (C=O) groups is 1. The fourth-order valence-electron chi connectivity index (χ4n) is 3.29. The average molecular weight is 314 g/mol. The largest absolute Gasteiger partial charge is 0.483 e. The van der Waals surface area contributed by atoms with Gasteiger partial charge >= 0.3 is 0 Å². The highest BCUT2D eigenvalue weighted by atomic mass is 32.2. The molecule has 2 aliphatic rings. The molecule has 21 heavy (non-hydrogen) atoms. The van der Waals surface area contributed by atoms with Crippen molar-refractivity contribution in [1.82, 2.24) is 9.55 Å². The molecule has 0 spiro atoms. The van der Waals surface area contributed by atoms with Gasteiger partial charge in [0.2, 0.25) is 0 Å². The topological polar surface area (TPSA) is 89.3 Å². The molecular weight excluding hydrogens is 292 g/mol. The molecule has 118 valence electrons. The van der Waals surface area contributed by atoms with Crippen LogP contribution in [0.3, 0.4) is 0 Å². The van der Waals surface area contributed by atoms with E-state index >= 15 is 0 Å². The van der Waals surface area contributed by atoms with Crippen molar-refractivity contribution in [1.29, 1.82) is 0 Å². The highest BCUT2D eigenvalue weighted by molar-refractivity contribution is 7.91. The van der Waals surface area contributed by atoms with Crippen molar-refractivity contribution in [3.05, 3.63) is 18.2 Å². The van der Waals surface area contributed by atoms with E-state index < -0.39 is 9.84 Å². The molecule has 1 aromatic heterocycles. The molecule has 0 bridgehead atoms. The SMILES string of the molecule is O=CO.O=S1(=O)CCC(n2ccnc2C2CCCC2)CC1. The first kappa shape index (κ1) is 16.0. The smallest absolute Gasteiger partial charge is 0.290 e. The molecule has 0 radical (unpaired) electrons. The Kier molecular flexibility index (Phi) is 5.39. The second kappa shape index (κ2) is 7.06. The normalized spacial score (nSPS) is 22.5. The van der Waals surface area contributed by atoms with Gasteiger partial charge in [-0.2, -0.15) is 0 Å². The number of hydrogen-bond acceptors (Lipinski definition) is 4. The minimum Gasteiger partial charge on any atom is -0.483 e. The molecule has 1 aliphatic heterocycles. The minimum absolute atomic E-state index is 0.250. The van der Waals surface area contributed by atoms with Crippen LogP contribution in [0.2, 0.25) is 0 Å². The van der Waals surface area contributed by atoms with Crippen LogP contribution in [0.1, 0.15) is 56.3 Å². The summed E-state index contributed by atoms with van der Waals surface area (Å²) in [7, 11) is -2.77. The van der Waals surface area contributed by atoms with Gasteiger partial charge in [-0.3, -0.25) is 4.79 Å². The summed E-state index contributed by atoms with van der Waals surface area (Å²) in [5, 5.41) is 6.89. The summed E-state index contributed by atoms with van der Waals surface area (Å²) in [6.45, 7) is -0.250. The van der Waals surface area contributed by atoms with Gasteiger partial charge in [0.1, 0.15) is 15.7 Å². The molecule has 1 aliphatic carbocycles. The second-order valence-corrected chi connectivity index (χ2v) is 7.97. The fourth-order valence-corrected chi connectivity index (χ4v) is 4.76. The van der Waals surface area contributed by atoms with Gasteiger partial charge in [-0.1, -0.05) is 12.8 Å². The van der Waals surface area contributed by atoms with E-state index in [1.807, 2.05) is 12.4 Å². The van der Waals surface area contributed by atoms with Crippen molar-refractivity contribution < 1.29 is 18.3 Å². The zero-order valence-corrected chi connectivity index (χ0v) is 12.8. The molecule has 2 fully saturated rings. The van der Waals surface area contributed by atoms with E-state index in [1.54, 1.807) is 0 Å². The van der Waals surface area contributed by atoms with Crippen molar-refractivity contribution in [3.63, 3.8) is 0 Å². The van der Waals surface area contributed by atoms with Crippen molar-refractivity contribution >= 4 is 16.3 Å². The highest BCUT2D eigenvalue weighted by Crippen LogP contribution is 2.35. The summed E-state index contributed by atoms with van der Waals surface area (Å²) < 4.78 is 25.2. The quantitative estimate of drug-likeness (QED) is 0.843. The lowest BCUT2D eigenvalue weighted by molar-refractivity contribution is -0.122. The van der Waals surface area contributed by atoms with Crippen molar-refractivity contribution in [2.24, 2.45) is 0 Å². The van der Waals surface area contributed by atoms with Crippen molar-refractivity contribution in [2.75, 3.05) is 11.5 Å². The van der Waals surface area contributed by atoms with Gasteiger partial charge in [-0.15, -0.1) is 0 Å². The Hall–Kier alpha value is -1.37. The first-order valence-corrected chi connectivity index (χ1v) is 9.20. The number of carboxylic acid groups (broad SMARTS) is 1. The van der Waals surface area contributed by atoms with E-state index in [1.165, 1.54) is 31.5 Å². The summed E-state index contributed by atoms with van der Waals surface area (Å²) in [6, 6.07) is 0.339. The lowest BCUT2D eigenvalue weighted by atomic mass is 10.1. The maximum absolute atomic E-state index is 11.5. The van der Waals surface area contributed by atoms with Crippen LogP contribution in [0.25, 0.3) is 0 Å². The van der Waals surface area contributed by atoms with Crippen LogP contribution in [0.5, 0.6) is 0 Å². The highest BCUT2D eigenvalue weighted by Gasteiger charge is 2.28. The second-order valence-electron chi connectivity index (χ2n) is 5.66. The molecule has 0 aromatic carbocycles. The van der Waals surface area contributed by atoms with E-state index in [0.29, 0.717) is 23.5 Å². The van der Waals surface area contributed by atoms with Crippen LogP contribution in [-0.2, 0) is 14.6 Å². The first-order valence-electron chi connectivity index (χ1n) is 7.38. The molecule has 0 unspecified atom stereocenters. The Labute approximate surface area is 125 Å². The molecule has 0 amide bonds. The van der Waals surface area contributed by atoms with Gasteiger partial charge < -0.3 is 9.67 Å². The number of nitrogens with zero attached hydrogens (tertiary/aromatic N) is 2. The summed E-state index contributed by atoms with van der Waals surface area (Å²) in [5.41, 5.74) is 0. The fraction of sp³-hybridized carbons (Fsp3) is 0.714. The molecule has 2 heterocycles. The third kappa shape index (κ3) is 4.06. The third-order valence-electron chi connectivity index (χ3n) is 4.34. The summed E-state index contributed by atoms with van der Waals surface area (Å²) in [5.74, 6) is 2.45. The van der Waals surface area contributed by atoms with Crippen LogP contribution in [0, 0.1) is 0 Å². The number of hydrogen-bond donors (Lipinski definition) is 1. The molecule has 1 N–H and O–H groups in total. The maximum atomic E-state index is 11.5. The van der Waals surface area contributed by atoms with Gasteiger partial charge in [0.15, 0.2) is 0 Å². The zero-order chi connectivity index (χ0) is 15.3. The van der Waals surface area contributed by atoms with Gasteiger partial charge in [0.05, 0.1) is 11.5 Å². The Morgan fingerprint density at radius 2 is 1.76 bits per heavy atom. The Morgan fingerprint density at radius 1 is 1.19 bits per heavy atom. The van der Waals surface area contributed by atoms with Crippen LogP contribution >= 0.6 is 0 Å². The van der Waals surface area contributed by atoms with Crippen LogP contribution in [-0.4, -0.2) is 41.1 Å². The van der Waals surface area contributed by atoms with Crippen LogP contribution in [0.15, 0.2) is 12.4 Å². The van der Waals surface area contributed by atoms with Gasteiger partial charge in [-0.25, -0.2) is 13.4 Å².